The topological polar surface area (TPSA) is 79.4 Å². The van der Waals surface area contributed by atoms with E-state index in [1.54, 1.807) is 12.1 Å². The highest BCUT2D eigenvalue weighted by Gasteiger charge is 2.23. The van der Waals surface area contributed by atoms with E-state index in [-0.39, 0.29) is 29.7 Å². The predicted molar refractivity (Wildman–Crippen MR) is 119 cm³/mol. The summed E-state index contributed by atoms with van der Waals surface area (Å²) in [4.78, 5) is 16.9. The molecule has 0 bridgehead atoms. The van der Waals surface area contributed by atoms with Crippen LogP contribution in [0.1, 0.15) is 10.4 Å². The van der Waals surface area contributed by atoms with Crippen LogP contribution >= 0.6 is 46.1 Å². The van der Waals surface area contributed by atoms with Crippen LogP contribution in [0.3, 0.4) is 0 Å². The summed E-state index contributed by atoms with van der Waals surface area (Å²) in [5.74, 6) is -0.0778. The molecule has 0 radical (unpaired) electrons. The standard InChI is InChI=1S/C18H16Cl3N3O3S2/c19-7-9-24(10-8-20)29(26,27)14-4-1-12(2-5-14)17(25)23-18-22-15-11-13(21)3-6-16(15)28-18/h1-6,11H,7-10H2,(H,22,23,25). The third-order valence-corrected chi connectivity index (χ3v) is 7.43. The Morgan fingerprint density at radius 2 is 1.72 bits per heavy atom. The highest BCUT2D eigenvalue weighted by molar-refractivity contribution is 7.89. The monoisotopic (exact) mass is 491 g/mol. The molecule has 3 rings (SSSR count). The van der Waals surface area contributed by atoms with Gasteiger partial charge in [0.2, 0.25) is 10.0 Å². The van der Waals surface area contributed by atoms with Crippen LogP contribution in [0.15, 0.2) is 47.4 Å². The van der Waals surface area contributed by atoms with Gasteiger partial charge in [0, 0.05) is 35.4 Å². The van der Waals surface area contributed by atoms with Gasteiger partial charge in [-0.25, -0.2) is 13.4 Å². The number of nitrogens with one attached hydrogen (secondary N) is 1. The molecule has 29 heavy (non-hydrogen) atoms. The Bertz CT molecular complexity index is 1110. The van der Waals surface area contributed by atoms with Crippen molar-refractivity contribution >= 4 is 77.4 Å². The van der Waals surface area contributed by atoms with Crippen LogP contribution in [0.5, 0.6) is 0 Å². The van der Waals surface area contributed by atoms with Crippen LogP contribution in [0.25, 0.3) is 10.2 Å². The number of thiazole rings is 1. The fraction of sp³-hybridized carbons (Fsp3) is 0.222. The van der Waals surface area contributed by atoms with Crippen LogP contribution in [0, 0.1) is 0 Å². The van der Waals surface area contributed by atoms with Gasteiger partial charge >= 0.3 is 0 Å². The first-order valence-corrected chi connectivity index (χ1v) is 12.1. The van der Waals surface area contributed by atoms with Crippen molar-refractivity contribution in [3.8, 4) is 0 Å². The molecule has 11 heteroatoms. The van der Waals surface area contributed by atoms with Gasteiger partial charge in [0.15, 0.2) is 5.13 Å². The van der Waals surface area contributed by atoms with E-state index in [0.29, 0.717) is 21.2 Å². The quantitative estimate of drug-likeness (QED) is 0.463. The predicted octanol–water partition coefficient (Wildman–Crippen LogP) is 4.67. The van der Waals surface area contributed by atoms with Gasteiger partial charge in [0.25, 0.3) is 5.91 Å². The minimum Gasteiger partial charge on any atom is -0.298 e. The lowest BCUT2D eigenvalue weighted by Crippen LogP contribution is -2.34. The maximum Gasteiger partial charge on any atom is 0.257 e. The molecule has 3 aromatic rings. The summed E-state index contributed by atoms with van der Waals surface area (Å²) in [5.41, 5.74) is 1.00. The number of hydrogen-bond donors (Lipinski definition) is 1. The Morgan fingerprint density at radius 1 is 1.07 bits per heavy atom. The summed E-state index contributed by atoms with van der Waals surface area (Å²) in [6.45, 7) is 0.306. The third-order valence-electron chi connectivity index (χ3n) is 3.99. The van der Waals surface area contributed by atoms with Gasteiger partial charge in [-0.2, -0.15) is 4.31 Å². The largest absolute Gasteiger partial charge is 0.298 e. The van der Waals surface area contributed by atoms with Crippen molar-refractivity contribution in [2.75, 3.05) is 30.2 Å². The average Bonchev–Trinajstić information content (AvgIpc) is 3.09. The highest BCUT2D eigenvalue weighted by atomic mass is 35.5. The summed E-state index contributed by atoms with van der Waals surface area (Å²) >= 11 is 18.7. The molecule has 1 heterocycles. The minimum absolute atomic E-state index is 0.0684. The number of benzene rings is 2. The van der Waals surface area contributed by atoms with Crippen molar-refractivity contribution in [2.45, 2.75) is 4.90 Å². The van der Waals surface area contributed by atoms with Crippen molar-refractivity contribution in [1.29, 1.82) is 0 Å². The number of alkyl halides is 2. The Labute approximate surface area is 187 Å². The van der Waals surface area contributed by atoms with Gasteiger partial charge in [-0.3, -0.25) is 10.1 Å². The van der Waals surface area contributed by atoms with E-state index in [9.17, 15) is 13.2 Å². The second-order valence-electron chi connectivity index (χ2n) is 5.89. The van der Waals surface area contributed by atoms with Crippen molar-refractivity contribution in [3.63, 3.8) is 0 Å². The van der Waals surface area contributed by atoms with E-state index in [2.05, 4.69) is 10.3 Å². The van der Waals surface area contributed by atoms with E-state index in [0.717, 1.165) is 4.70 Å². The number of aromatic nitrogens is 1. The first-order valence-electron chi connectivity index (χ1n) is 8.44. The fourth-order valence-corrected chi connectivity index (χ4v) is 5.65. The molecule has 1 aromatic heterocycles. The lowest BCUT2D eigenvalue weighted by atomic mass is 10.2. The first kappa shape index (κ1) is 22.3. The minimum atomic E-state index is -3.74. The van der Waals surface area contributed by atoms with Gasteiger partial charge in [-0.15, -0.1) is 23.2 Å². The third kappa shape index (κ3) is 5.20. The molecule has 0 aliphatic heterocycles. The molecule has 0 atom stereocenters. The zero-order valence-corrected chi connectivity index (χ0v) is 18.8. The number of carbonyl (C=O) groups is 1. The summed E-state index contributed by atoms with van der Waals surface area (Å²) < 4.78 is 27.5. The van der Waals surface area contributed by atoms with Gasteiger partial charge in [-0.05, 0) is 42.5 Å². The van der Waals surface area contributed by atoms with Crippen molar-refractivity contribution in [1.82, 2.24) is 9.29 Å². The Morgan fingerprint density at radius 3 is 2.34 bits per heavy atom. The normalized spacial score (nSPS) is 11.9. The van der Waals surface area contributed by atoms with E-state index in [1.807, 2.05) is 6.07 Å². The summed E-state index contributed by atoms with van der Waals surface area (Å²) in [5, 5.41) is 3.71. The lowest BCUT2D eigenvalue weighted by Gasteiger charge is -2.20. The fourth-order valence-electron chi connectivity index (χ4n) is 2.59. The van der Waals surface area contributed by atoms with E-state index >= 15 is 0 Å². The Kier molecular flexibility index (Phi) is 7.37. The average molecular weight is 493 g/mol. The molecule has 154 valence electrons. The lowest BCUT2D eigenvalue weighted by molar-refractivity contribution is 0.102. The van der Waals surface area contributed by atoms with Crippen LogP contribution in [0.2, 0.25) is 5.02 Å². The van der Waals surface area contributed by atoms with Crippen molar-refractivity contribution in [2.24, 2.45) is 0 Å². The van der Waals surface area contributed by atoms with Crippen LogP contribution in [-0.4, -0.2) is 48.5 Å². The zero-order valence-electron chi connectivity index (χ0n) is 14.9. The van der Waals surface area contributed by atoms with Gasteiger partial charge in [0.1, 0.15) is 0 Å². The van der Waals surface area contributed by atoms with Gasteiger partial charge < -0.3 is 0 Å². The highest BCUT2D eigenvalue weighted by Crippen LogP contribution is 2.28. The molecule has 0 aliphatic rings. The summed E-state index contributed by atoms with van der Waals surface area (Å²) in [6, 6.07) is 11.0. The maximum absolute atomic E-state index is 12.7. The summed E-state index contributed by atoms with van der Waals surface area (Å²) in [7, 11) is -3.74. The number of hydrogen-bond acceptors (Lipinski definition) is 5. The molecule has 1 N–H and O–H groups in total. The van der Waals surface area contributed by atoms with E-state index in [1.165, 1.54) is 39.9 Å². The molecular weight excluding hydrogens is 477 g/mol. The number of fused-ring (bicyclic) bond motifs is 1. The van der Waals surface area contributed by atoms with Crippen molar-refractivity contribution in [3.05, 3.63) is 53.1 Å². The number of nitrogens with zero attached hydrogens (tertiary/aromatic N) is 2. The molecule has 6 nitrogen and oxygen atoms in total. The number of halogens is 3. The number of sulfonamides is 1. The Balaban J connectivity index is 1.77. The molecule has 1 amide bonds. The molecule has 0 spiro atoms. The molecule has 0 unspecified atom stereocenters. The maximum atomic E-state index is 12.7. The van der Waals surface area contributed by atoms with Crippen molar-refractivity contribution < 1.29 is 13.2 Å². The first-order chi connectivity index (χ1) is 13.8. The second-order valence-corrected chi connectivity index (χ2v) is 10.1. The molecule has 0 aliphatic carbocycles. The zero-order chi connectivity index (χ0) is 21.0. The smallest absolute Gasteiger partial charge is 0.257 e. The number of rotatable bonds is 8. The van der Waals surface area contributed by atoms with Crippen LogP contribution < -0.4 is 5.32 Å². The number of amides is 1. The van der Waals surface area contributed by atoms with Crippen LogP contribution in [0.4, 0.5) is 5.13 Å². The van der Waals surface area contributed by atoms with Crippen LogP contribution in [-0.2, 0) is 10.0 Å². The summed E-state index contributed by atoms with van der Waals surface area (Å²) in [6.07, 6.45) is 0. The van der Waals surface area contributed by atoms with Gasteiger partial charge in [-0.1, -0.05) is 22.9 Å². The Hall–Kier alpha value is -1.42. The molecule has 0 saturated carbocycles. The molecule has 0 saturated heterocycles. The second kappa shape index (κ2) is 9.59. The van der Waals surface area contributed by atoms with E-state index in [4.69, 9.17) is 34.8 Å². The number of carbonyl (C=O) groups excluding carboxylic acids is 1. The molecule has 2 aromatic carbocycles. The van der Waals surface area contributed by atoms with E-state index < -0.39 is 15.9 Å². The number of anilines is 1. The molecular formula is C18H16Cl3N3O3S2. The van der Waals surface area contributed by atoms with Gasteiger partial charge in [0.05, 0.1) is 15.1 Å². The molecule has 0 fully saturated rings. The SMILES string of the molecule is O=C(Nc1nc2cc(Cl)ccc2s1)c1ccc(S(=O)(=O)N(CCCl)CCCl)cc1.